The zero-order chi connectivity index (χ0) is 22.7. The van der Waals surface area contributed by atoms with Gasteiger partial charge in [0.25, 0.3) is 5.91 Å². The van der Waals surface area contributed by atoms with E-state index >= 15 is 0 Å². The maximum Gasteiger partial charge on any atom is 0.256 e. The van der Waals surface area contributed by atoms with E-state index in [0.717, 1.165) is 0 Å². The maximum atomic E-state index is 13.3. The number of nitrogens with one attached hydrogen (secondary N) is 1. The Hall–Kier alpha value is -2.81. The van der Waals surface area contributed by atoms with E-state index in [4.69, 9.17) is 23.8 Å². The Balaban J connectivity index is 1.54. The van der Waals surface area contributed by atoms with Crippen molar-refractivity contribution in [1.29, 1.82) is 0 Å². The highest BCUT2D eigenvalue weighted by atomic mass is 35.5. The predicted octanol–water partition coefficient (Wildman–Crippen LogP) is 5.11. The first-order valence-corrected chi connectivity index (χ1v) is 11.6. The quantitative estimate of drug-likeness (QED) is 0.470. The summed E-state index contributed by atoms with van der Waals surface area (Å²) in [7, 11) is 0. The fraction of sp³-hybridized carbons (Fsp3) is 0.174. The Morgan fingerprint density at radius 3 is 2.50 bits per heavy atom. The molecule has 1 fully saturated rings. The van der Waals surface area contributed by atoms with Gasteiger partial charge in [-0.1, -0.05) is 17.7 Å². The molecule has 2 aromatic carbocycles. The lowest BCUT2D eigenvalue weighted by Crippen LogP contribution is -2.39. The van der Waals surface area contributed by atoms with Gasteiger partial charge in [-0.15, -0.1) is 11.3 Å². The van der Waals surface area contributed by atoms with Crippen LogP contribution in [-0.2, 0) is 16.0 Å². The molecule has 1 aromatic heterocycles. The van der Waals surface area contributed by atoms with E-state index in [-0.39, 0.29) is 18.2 Å². The number of halogens is 2. The highest BCUT2D eigenvalue weighted by Gasteiger charge is 2.43. The second-order valence-corrected chi connectivity index (χ2v) is 9.06. The van der Waals surface area contributed by atoms with Gasteiger partial charge in [0.15, 0.2) is 5.11 Å². The molecule has 2 amide bonds. The maximum absolute atomic E-state index is 13.3. The highest BCUT2D eigenvalue weighted by Crippen LogP contribution is 2.29. The lowest BCUT2D eigenvalue weighted by Gasteiger charge is -2.23. The number of benzene rings is 2. The molecule has 1 atom stereocenters. The van der Waals surface area contributed by atoms with Crippen molar-refractivity contribution in [3.05, 3.63) is 81.8 Å². The van der Waals surface area contributed by atoms with Crippen LogP contribution in [0.2, 0.25) is 5.02 Å². The fourth-order valence-corrected chi connectivity index (χ4v) is 4.76. The monoisotopic (exact) mass is 487 g/mol. The summed E-state index contributed by atoms with van der Waals surface area (Å²) >= 11 is 13.3. The van der Waals surface area contributed by atoms with E-state index in [2.05, 4.69) is 5.32 Å². The molecule has 0 bridgehead atoms. The molecule has 1 aliphatic rings. The molecule has 3 aromatic rings. The van der Waals surface area contributed by atoms with Gasteiger partial charge in [0.2, 0.25) is 5.91 Å². The molecule has 32 heavy (non-hydrogen) atoms. The lowest BCUT2D eigenvalue weighted by atomic mass is 10.1. The molecule has 1 aliphatic heterocycles. The number of carbonyl (C=O) groups excluding carboxylic acids is 2. The van der Waals surface area contributed by atoms with Crippen LogP contribution in [0.15, 0.2) is 66.0 Å². The summed E-state index contributed by atoms with van der Waals surface area (Å²) < 4.78 is 13.1. The third-order valence-corrected chi connectivity index (χ3v) is 6.69. The second kappa shape index (κ2) is 9.77. The number of amides is 2. The highest BCUT2D eigenvalue weighted by molar-refractivity contribution is 7.80. The smallest absolute Gasteiger partial charge is 0.256 e. The van der Waals surface area contributed by atoms with Gasteiger partial charge < -0.3 is 10.2 Å². The molecule has 4 rings (SSSR count). The Morgan fingerprint density at radius 2 is 1.84 bits per heavy atom. The summed E-state index contributed by atoms with van der Waals surface area (Å²) in [6, 6.07) is 15.6. The van der Waals surface area contributed by atoms with Gasteiger partial charge >= 0.3 is 0 Å². The average Bonchev–Trinajstić information content (AvgIpc) is 3.36. The molecule has 0 spiro atoms. The first kappa shape index (κ1) is 22.4. The van der Waals surface area contributed by atoms with E-state index in [9.17, 15) is 14.0 Å². The first-order valence-electron chi connectivity index (χ1n) is 9.90. The van der Waals surface area contributed by atoms with Crippen LogP contribution in [0.5, 0.6) is 0 Å². The topological polar surface area (TPSA) is 52.7 Å². The van der Waals surface area contributed by atoms with Crippen molar-refractivity contribution in [2.75, 3.05) is 16.8 Å². The van der Waals surface area contributed by atoms with Crippen LogP contribution in [0.4, 0.5) is 15.8 Å². The number of nitrogens with zero attached hydrogens (tertiary/aromatic N) is 2. The van der Waals surface area contributed by atoms with Crippen LogP contribution in [0, 0.1) is 5.82 Å². The molecule has 0 aliphatic carbocycles. The largest absolute Gasteiger partial charge is 0.336 e. The summed E-state index contributed by atoms with van der Waals surface area (Å²) in [5, 5.41) is 5.63. The molecule has 2 heterocycles. The summed E-state index contributed by atoms with van der Waals surface area (Å²) in [6.07, 6.45) is 0.626. The third kappa shape index (κ3) is 4.98. The number of anilines is 2. The van der Waals surface area contributed by atoms with Gasteiger partial charge in [0.1, 0.15) is 11.9 Å². The zero-order valence-electron chi connectivity index (χ0n) is 16.8. The van der Waals surface area contributed by atoms with Gasteiger partial charge in [-0.05, 0) is 78.6 Å². The zero-order valence-corrected chi connectivity index (χ0v) is 19.2. The fourth-order valence-electron chi connectivity index (χ4n) is 3.52. The van der Waals surface area contributed by atoms with Gasteiger partial charge in [0.05, 0.1) is 12.1 Å². The van der Waals surface area contributed by atoms with E-state index in [1.807, 2.05) is 17.5 Å². The SMILES string of the molecule is O=C(C[C@@H]1C(=O)N(c2ccc(Cl)cc2)C(=S)N1CCc1cccs1)Nc1ccc(F)cc1. The van der Waals surface area contributed by atoms with E-state index in [0.29, 0.717) is 34.5 Å². The van der Waals surface area contributed by atoms with Crippen LogP contribution in [0.3, 0.4) is 0 Å². The molecule has 5 nitrogen and oxygen atoms in total. The van der Waals surface area contributed by atoms with Crippen LogP contribution >= 0.6 is 35.2 Å². The minimum Gasteiger partial charge on any atom is -0.336 e. The molecular weight excluding hydrogens is 469 g/mol. The molecule has 164 valence electrons. The van der Waals surface area contributed by atoms with Crippen molar-refractivity contribution in [2.24, 2.45) is 0 Å². The summed E-state index contributed by atoms with van der Waals surface area (Å²) in [5.41, 5.74) is 1.07. The lowest BCUT2D eigenvalue weighted by molar-refractivity contribution is -0.124. The van der Waals surface area contributed by atoms with E-state index in [1.54, 1.807) is 40.5 Å². The predicted molar refractivity (Wildman–Crippen MR) is 130 cm³/mol. The van der Waals surface area contributed by atoms with Crippen LogP contribution in [0.1, 0.15) is 11.3 Å². The minimum absolute atomic E-state index is 0.0785. The Kier molecular flexibility index (Phi) is 6.83. The van der Waals surface area contributed by atoms with E-state index in [1.165, 1.54) is 34.0 Å². The van der Waals surface area contributed by atoms with Crippen LogP contribution < -0.4 is 10.2 Å². The molecule has 1 saturated heterocycles. The van der Waals surface area contributed by atoms with Crippen LogP contribution in [0.25, 0.3) is 0 Å². The van der Waals surface area contributed by atoms with Crippen molar-refractivity contribution >= 4 is 63.5 Å². The van der Waals surface area contributed by atoms with Gasteiger partial charge in [-0.25, -0.2) is 4.39 Å². The molecule has 0 radical (unpaired) electrons. The van der Waals surface area contributed by atoms with Crippen molar-refractivity contribution < 1.29 is 14.0 Å². The molecule has 1 N–H and O–H groups in total. The number of carbonyl (C=O) groups is 2. The minimum atomic E-state index is -0.737. The van der Waals surface area contributed by atoms with Crippen molar-refractivity contribution in [3.63, 3.8) is 0 Å². The number of rotatable bonds is 7. The Morgan fingerprint density at radius 1 is 1.12 bits per heavy atom. The van der Waals surface area contributed by atoms with Gasteiger partial charge in [-0.3, -0.25) is 14.5 Å². The Labute approximate surface area is 199 Å². The number of thiocarbonyl (C=S) groups is 1. The molecule has 0 saturated carbocycles. The van der Waals surface area contributed by atoms with Gasteiger partial charge in [-0.2, -0.15) is 0 Å². The van der Waals surface area contributed by atoms with Crippen molar-refractivity contribution in [2.45, 2.75) is 18.9 Å². The first-order chi connectivity index (χ1) is 15.4. The molecule has 0 unspecified atom stereocenters. The standard InChI is InChI=1S/C23H19ClFN3O2S2/c24-15-3-9-18(10-4-15)28-22(30)20(14-21(29)26-17-7-5-16(25)6-8-17)27(23(28)31)12-11-19-2-1-13-32-19/h1-10,13,20H,11-12,14H2,(H,26,29)/t20-/m1/s1. The van der Waals surface area contributed by atoms with Gasteiger partial charge in [0, 0.05) is 22.1 Å². The summed E-state index contributed by atoms with van der Waals surface area (Å²) in [4.78, 5) is 30.5. The second-order valence-electron chi connectivity index (χ2n) is 7.23. The summed E-state index contributed by atoms with van der Waals surface area (Å²) in [5.74, 6) is -1.01. The number of thiophene rings is 1. The van der Waals surface area contributed by atoms with Crippen molar-refractivity contribution in [3.8, 4) is 0 Å². The van der Waals surface area contributed by atoms with Crippen LogP contribution in [-0.4, -0.2) is 34.4 Å². The van der Waals surface area contributed by atoms with E-state index < -0.39 is 11.9 Å². The average molecular weight is 488 g/mol. The van der Waals surface area contributed by atoms with Crippen molar-refractivity contribution in [1.82, 2.24) is 4.90 Å². The molecular formula is C23H19ClFN3O2S2. The Bertz CT molecular complexity index is 1120. The summed E-state index contributed by atoms with van der Waals surface area (Å²) in [6.45, 7) is 0.504. The number of hydrogen-bond donors (Lipinski definition) is 1. The normalized spacial score (nSPS) is 16.0. The number of hydrogen-bond acceptors (Lipinski definition) is 4. The molecule has 9 heteroatoms. The third-order valence-electron chi connectivity index (χ3n) is 5.09.